The number of nitrogens with one attached hydrogen (secondary N) is 1. The molecule has 0 saturated carbocycles. The summed E-state index contributed by atoms with van der Waals surface area (Å²) in [5.41, 5.74) is 0. The molecule has 0 bridgehead atoms. The van der Waals surface area contributed by atoms with Gasteiger partial charge in [0.1, 0.15) is 0 Å². The fourth-order valence-electron chi connectivity index (χ4n) is 2.02. The van der Waals surface area contributed by atoms with Gasteiger partial charge in [-0.05, 0) is 31.4 Å². The van der Waals surface area contributed by atoms with E-state index in [4.69, 9.17) is 4.74 Å². The van der Waals surface area contributed by atoms with Gasteiger partial charge in [0, 0.05) is 13.0 Å². The average molecular weight is 283 g/mol. The second-order valence-electron chi connectivity index (χ2n) is 4.52. The molecule has 1 aliphatic rings. The fraction of sp³-hybridized carbons (Fsp3) is 0.462. The Morgan fingerprint density at radius 1 is 1.32 bits per heavy atom. The number of hydrogen-bond acceptors (Lipinski definition) is 4. The maximum Gasteiger partial charge on any atom is 0.264 e. The van der Waals surface area contributed by atoms with Gasteiger partial charge in [0.25, 0.3) is 10.0 Å². The molecule has 1 atom stereocenters. The van der Waals surface area contributed by atoms with Crippen LogP contribution in [0, 0.1) is 0 Å². The lowest BCUT2D eigenvalue weighted by Crippen LogP contribution is -2.31. The molecule has 0 spiro atoms. The number of hydrogen-bond donors (Lipinski definition) is 1. The minimum Gasteiger partial charge on any atom is -0.378 e. The summed E-state index contributed by atoms with van der Waals surface area (Å²) < 4.78 is 31.2. The maximum atomic E-state index is 11.9. The first-order valence-corrected chi connectivity index (χ1v) is 7.78. The maximum absolute atomic E-state index is 11.9. The highest BCUT2D eigenvalue weighted by Crippen LogP contribution is 2.17. The zero-order valence-electron chi connectivity index (χ0n) is 10.5. The number of rotatable bonds is 5. The second kappa shape index (κ2) is 6.16. The Kier molecular flexibility index (Phi) is 4.55. The molecule has 1 aliphatic heterocycles. The zero-order chi connectivity index (χ0) is 13.7. The normalized spacial score (nSPS) is 19.3. The molecule has 0 radical (unpaired) electrons. The molecule has 1 heterocycles. The van der Waals surface area contributed by atoms with Crippen LogP contribution in [-0.2, 0) is 19.6 Å². The summed E-state index contributed by atoms with van der Waals surface area (Å²) in [4.78, 5) is 11.7. The molecular formula is C13H17NO4S. The standard InChI is InChI=1S/C13H17NO4S/c15-13(9-8-11-5-4-10-18-11)14-19(16,17)12-6-2-1-3-7-12/h1-3,6-7,11H,4-5,8-10H2,(H,14,15). The molecule has 1 aromatic rings. The molecule has 1 unspecified atom stereocenters. The lowest BCUT2D eigenvalue weighted by atomic mass is 10.1. The van der Waals surface area contributed by atoms with Crippen LogP contribution in [-0.4, -0.2) is 27.0 Å². The third kappa shape index (κ3) is 4.04. The SMILES string of the molecule is O=C(CCC1CCCO1)NS(=O)(=O)c1ccccc1. The quantitative estimate of drug-likeness (QED) is 0.887. The summed E-state index contributed by atoms with van der Waals surface area (Å²) in [5, 5.41) is 0. The monoisotopic (exact) mass is 283 g/mol. The highest BCUT2D eigenvalue weighted by atomic mass is 32.2. The van der Waals surface area contributed by atoms with E-state index in [9.17, 15) is 13.2 Å². The van der Waals surface area contributed by atoms with Crippen LogP contribution in [0.25, 0.3) is 0 Å². The smallest absolute Gasteiger partial charge is 0.264 e. The van der Waals surface area contributed by atoms with E-state index in [1.54, 1.807) is 18.2 Å². The largest absolute Gasteiger partial charge is 0.378 e. The minimum absolute atomic E-state index is 0.0881. The topological polar surface area (TPSA) is 72.5 Å². The number of carbonyl (C=O) groups excluding carboxylic acids is 1. The summed E-state index contributed by atoms with van der Waals surface area (Å²) in [7, 11) is -3.75. The third-order valence-electron chi connectivity index (χ3n) is 3.02. The third-order valence-corrected chi connectivity index (χ3v) is 4.41. The van der Waals surface area contributed by atoms with Crippen LogP contribution in [0.1, 0.15) is 25.7 Å². The highest BCUT2D eigenvalue weighted by molar-refractivity contribution is 7.90. The van der Waals surface area contributed by atoms with Crippen molar-refractivity contribution in [2.45, 2.75) is 36.7 Å². The van der Waals surface area contributed by atoms with E-state index in [0.717, 1.165) is 19.4 Å². The van der Waals surface area contributed by atoms with E-state index in [2.05, 4.69) is 4.72 Å². The number of amides is 1. The molecule has 1 fully saturated rings. The lowest BCUT2D eigenvalue weighted by molar-refractivity contribution is -0.119. The molecule has 1 aromatic carbocycles. The van der Waals surface area contributed by atoms with E-state index in [0.29, 0.717) is 6.42 Å². The Morgan fingerprint density at radius 3 is 2.68 bits per heavy atom. The van der Waals surface area contributed by atoms with Crippen LogP contribution in [0.2, 0.25) is 0 Å². The van der Waals surface area contributed by atoms with Crippen LogP contribution in [0.3, 0.4) is 0 Å². The van der Waals surface area contributed by atoms with E-state index in [1.807, 2.05) is 0 Å². The van der Waals surface area contributed by atoms with Crippen LogP contribution in [0.5, 0.6) is 0 Å². The van der Waals surface area contributed by atoms with E-state index in [1.165, 1.54) is 12.1 Å². The number of ether oxygens (including phenoxy) is 1. The highest BCUT2D eigenvalue weighted by Gasteiger charge is 2.20. The van der Waals surface area contributed by atoms with Crippen molar-refractivity contribution in [3.8, 4) is 0 Å². The van der Waals surface area contributed by atoms with Crippen LogP contribution < -0.4 is 4.72 Å². The Hall–Kier alpha value is -1.40. The van der Waals surface area contributed by atoms with Gasteiger partial charge in [-0.1, -0.05) is 18.2 Å². The number of carbonyl (C=O) groups is 1. The Labute approximate surface area is 113 Å². The van der Waals surface area contributed by atoms with Crippen molar-refractivity contribution in [2.24, 2.45) is 0 Å². The van der Waals surface area contributed by atoms with Gasteiger partial charge >= 0.3 is 0 Å². The first-order valence-electron chi connectivity index (χ1n) is 6.30. The van der Waals surface area contributed by atoms with Crippen molar-refractivity contribution in [3.63, 3.8) is 0 Å². The van der Waals surface area contributed by atoms with Gasteiger partial charge in [-0.2, -0.15) is 0 Å². The van der Waals surface area contributed by atoms with Crippen LogP contribution in [0.4, 0.5) is 0 Å². The van der Waals surface area contributed by atoms with Gasteiger partial charge in [0.05, 0.1) is 11.0 Å². The van der Waals surface area contributed by atoms with E-state index < -0.39 is 15.9 Å². The molecule has 19 heavy (non-hydrogen) atoms. The summed E-state index contributed by atoms with van der Waals surface area (Å²) in [6.45, 7) is 0.731. The predicted octanol–water partition coefficient (Wildman–Crippen LogP) is 1.45. The van der Waals surface area contributed by atoms with Crippen molar-refractivity contribution in [3.05, 3.63) is 30.3 Å². The number of benzene rings is 1. The predicted molar refractivity (Wildman–Crippen MR) is 70.0 cm³/mol. The van der Waals surface area contributed by atoms with Crippen molar-refractivity contribution in [2.75, 3.05) is 6.61 Å². The van der Waals surface area contributed by atoms with E-state index >= 15 is 0 Å². The molecule has 104 valence electrons. The molecule has 0 aliphatic carbocycles. The first kappa shape index (κ1) is 14.0. The molecule has 2 rings (SSSR count). The summed E-state index contributed by atoms with van der Waals surface area (Å²) in [5.74, 6) is -0.487. The molecule has 6 heteroatoms. The first-order chi connectivity index (χ1) is 9.08. The Balaban J connectivity index is 1.87. The minimum atomic E-state index is -3.75. The van der Waals surface area contributed by atoms with Gasteiger partial charge in [-0.15, -0.1) is 0 Å². The number of sulfonamides is 1. The summed E-state index contributed by atoms with van der Waals surface area (Å²) in [6, 6.07) is 7.86. The van der Waals surface area contributed by atoms with Gasteiger partial charge < -0.3 is 4.74 Å². The van der Waals surface area contributed by atoms with E-state index in [-0.39, 0.29) is 17.4 Å². The van der Waals surface area contributed by atoms with Crippen molar-refractivity contribution in [1.82, 2.24) is 4.72 Å². The second-order valence-corrected chi connectivity index (χ2v) is 6.20. The summed E-state index contributed by atoms with van der Waals surface area (Å²) >= 11 is 0. The van der Waals surface area contributed by atoms with Crippen LogP contribution in [0.15, 0.2) is 35.2 Å². The van der Waals surface area contributed by atoms with Crippen molar-refractivity contribution >= 4 is 15.9 Å². The average Bonchev–Trinajstić information content (AvgIpc) is 2.90. The van der Waals surface area contributed by atoms with Crippen molar-refractivity contribution in [1.29, 1.82) is 0 Å². The van der Waals surface area contributed by atoms with Crippen molar-refractivity contribution < 1.29 is 17.9 Å². The molecular weight excluding hydrogens is 266 g/mol. The molecule has 1 amide bonds. The Morgan fingerprint density at radius 2 is 2.05 bits per heavy atom. The van der Waals surface area contributed by atoms with Gasteiger partial charge in [0.2, 0.25) is 5.91 Å². The molecule has 5 nitrogen and oxygen atoms in total. The molecule has 1 saturated heterocycles. The molecule has 0 aromatic heterocycles. The van der Waals surface area contributed by atoms with Crippen LogP contribution >= 0.6 is 0 Å². The molecule has 1 N–H and O–H groups in total. The fourth-order valence-corrected chi connectivity index (χ4v) is 3.06. The van der Waals surface area contributed by atoms with Gasteiger partial charge in [-0.25, -0.2) is 13.1 Å². The summed E-state index contributed by atoms with van der Waals surface area (Å²) in [6.07, 6.45) is 2.77. The van der Waals surface area contributed by atoms with Gasteiger partial charge in [0.15, 0.2) is 0 Å². The lowest BCUT2D eigenvalue weighted by Gasteiger charge is -2.09. The zero-order valence-corrected chi connectivity index (χ0v) is 11.4. The Bertz CT molecular complexity index is 521. The van der Waals surface area contributed by atoms with Gasteiger partial charge in [-0.3, -0.25) is 4.79 Å².